The highest BCUT2D eigenvalue weighted by atomic mass is 35.5. The first-order valence-corrected chi connectivity index (χ1v) is 13.2. The number of pyridine rings is 1. The van der Waals surface area contributed by atoms with Crippen molar-refractivity contribution in [3.63, 3.8) is 0 Å². The van der Waals surface area contributed by atoms with E-state index in [9.17, 15) is 22.4 Å². The first-order chi connectivity index (χ1) is 19.0. The normalized spacial score (nSPS) is 18.9. The van der Waals surface area contributed by atoms with Gasteiger partial charge in [-0.3, -0.25) is 4.98 Å². The Morgan fingerprint density at radius 1 is 1.10 bits per heavy atom. The Labute approximate surface area is 235 Å². The number of aromatic nitrogens is 1. The summed E-state index contributed by atoms with van der Waals surface area (Å²) < 4.78 is 57.9. The van der Waals surface area contributed by atoms with Gasteiger partial charge >= 0.3 is 18.6 Å². The Bertz CT molecular complexity index is 1280. The molecule has 2 aromatic carbocycles. The highest BCUT2D eigenvalue weighted by Crippen LogP contribution is 2.36. The van der Waals surface area contributed by atoms with Gasteiger partial charge in [0.05, 0.1) is 10.7 Å². The molecule has 1 saturated carbocycles. The van der Waals surface area contributed by atoms with Crippen molar-refractivity contribution in [3.8, 4) is 5.75 Å². The van der Waals surface area contributed by atoms with E-state index < -0.39 is 29.9 Å². The lowest BCUT2D eigenvalue weighted by Crippen LogP contribution is -2.56. The van der Waals surface area contributed by atoms with Crippen LogP contribution in [-0.2, 0) is 12.0 Å². The summed E-state index contributed by atoms with van der Waals surface area (Å²) in [5.41, 5.74) is 0.0568. The highest BCUT2D eigenvalue weighted by Gasteiger charge is 2.45. The SMILES string of the molecule is CN(C)[C@@H]1CCC[C@H]1NC(=O)N[C@@](Cc1ccccc1)(c1cccc(OC(F)(F)C(F)F)c1)c1ccc(Cl)cn1. The standard InChI is InChI=1S/C29H31ClF4N4O2/c1-38(2)24-13-7-12-23(24)36-27(39)37-28(17-19-8-4-3-5-9-19,25-15-14-21(30)18-35-25)20-10-6-11-22(16-20)40-29(33,34)26(31)32/h3-6,8-11,14-16,18,23-24,26H,7,12-13,17H2,1-2H3,(H2,36,37,39)/t23-,24-,28+/m1/s1. The van der Waals surface area contributed by atoms with E-state index in [1.165, 1.54) is 18.3 Å². The molecule has 11 heteroatoms. The molecule has 1 aliphatic rings. The molecule has 0 aliphatic heterocycles. The Morgan fingerprint density at radius 2 is 1.85 bits per heavy atom. The highest BCUT2D eigenvalue weighted by molar-refractivity contribution is 6.30. The maximum Gasteiger partial charge on any atom is 0.461 e. The molecule has 0 saturated heterocycles. The van der Waals surface area contributed by atoms with Gasteiger partial charge in [-0.05, 0) is 68.8 Å². The summed E-state index contributed by atoms with van der Waals surface area (Å²) in [7, 11) is 3.92. The van der Waals surface area contributed by atoms with Gasteiger partial charge in [0.2, 0.25) is 0 Å². The van der Waals surface area contributed by atoms with Crippen molar-refractivity contribution in [1.29, 1.82) is 0 Å². The lowest BCUT2D eigenvalue weighted by atomic mass is 9.80. The molecule has 3 atom stereocenters. The van der Waals surface area contributed by atoms with Crippen LogP contribution in [0.2, 0.25) is 5.02 Å². The average Bonchev–Trinajstić information content (AvgIpc) is 3.37. The van der Waals surface area contributed by atoms with Crippen molar-refractivity contribution in [1.82, 2.24) is 20.5 Å². The number of hydrogen-bond acceptors (Lipinski definition) is 4. The zero-order valence-corrected chi connectivity index (χ0v) is 22.8. The molecule has 2 amide bonds. The van der Waals surface area contributed by atoms with Crippen molar-refractivity contribution < 1.29 is 27.1 Å². The van der Waals surface area contributed by atoms with E-state index in [1.807, 2.05) is 44.4 Å². The van der Waals surface area contributed by atoms with E-state index in [1.54, 1.807) is 18.2 Å². The van der Waals surface area contributed by atoms with Crippen LogP contribution in [0.3, 0.4) is 0 Å². The summed E-state index contributed by atoms with van der Waals surface area (Å²) in [4.78, 5) is 20.2. The van der Waals surface area contributed by atoms with Gasteiger partial charge in [-0.25, -0.2) is 4.79 Å². The largest absolute Gasteiger partial charge is 0.461 e. The number of likely N-dealkylation sites (N-methyl/N-ethyl adjacent to an activating group) is 1. The minimum atomic E-state index is -4.70. The third-order valence-corrected chi connectivity index (χ3v) is 7.32. The van der Waals surface area contributed by atoms with Gasteiger partial charge < -0.3 is 20.3 Å². The van der Waals surface area contributed by atoms with Gasteiger partial charge in [0.1, 0.15) is 11.3 Å². The molecular formula is C29H31ClF4N4O2. The molecule has 2 N–H and O–H groups in total. The minimum Gasteiger partial charge on any atom is -0.428 e. The number of benzene rings is 2. The molecular weight excluding hydrogens is 548 g/mol. The number of carbonyl (C=O) groups excluding carboxylic acids is 1. The summed E-state index contributed by atoms with van der Waals surface area (Å²) >= 11 is 6.12. The van der Waals surface area contributed by atoms with Gasteiger partial charge in [-0.2, -0.15) is 17.6 Å². The van der Waals surface area contributed by atoms with Crippen molar-refractivity contribution >= 4 is 17.6 Å². The molecule has 0 unspecified atom stereocenters. The fourth-order valence-electron chi connectivity index (χ4n) is 5.20. The lowest BCUT2D eigenvalue weighted by Gasteiger charge is -2.37. The molecule has 214 valence electrons. The molecule has 1 aliphatic carbocycles. The maximum absolute atomic E-state index is 13.8. The number of carbonyl (C=O) groups is 1. The second-order valence-electron chi connectivity index (χ2n) is 10.1. The molecule has 0 spiro atoms. The molecule has 6 nitrogen and oxygen atoms in total. The van der Waals surface area contributed by atoms with Crippen LogP contribution in [0.25, 0.3) is 0 Å². The predicted molar refractivity (Wildman–Crippen MR) is 145 cm³/mol. The summed E-state index contributed by atoms with van der Waals surface area (Å²) in [6.07, 6.45) is -4.46. The van der Waals surface area contributed by atoms with E-state index in [4.69, 9.17) is 11.6 Å². The second-order valence-corrected chi connectivity index (χ2v) is 10.5. The number of hydrogen-bond donors (Lipinski definition) is 2. The fraction of sp³-hybridized carbons (Fsp3) is 0.379. The van der Waals surface area contributed by atoms with E-state index in [0.717, 1.165) is 30.9 Å². The van der Waals surface area contributed by atoms with Crippen LogP contribution < -0.4 is 15.4 Å². The zero-order valence-electron chi connectivity index (χ0n) is 22.1. The lowest BCUT2D eigenvalue weighted by molar-refractivity contribution is -0.253. The predicted octanol–water partition coefficient (Wildman–Crippen LogP) is 6.24. The Kier molecular flexibility index (Phi) is 9.20. The van der Waals surface area contributed by atoms with Crippen molar-refractivity contribution in [2.45, 2.75) is 55.8 Å². The van der Waals surface area contributed by atoms with Gasteiger partial charge in [-0.15, -0.1) is 0 Å². The zero-order chi connectivity index (χ0) is 28.9. The van der Waals surface area contributed by atoms with Gasteiger partial charge in [0.25, 0.3) is 0 Å². The van der Waals surface area contributed by atoms with E-state index >= 15 is 0 Å². The Balaban J connectivity index is 1.80. The first kappa shape index (κ1) is 29.6. The molecule has 4 rings (SSSR count). The first-order valence-electron chi connectivity index (χ1n) is 12.9. The van der Waals surface area contributed by atoms with Crippen LogP contribution in [0.1, 0.15) is 36.1 Å². The van der Waals surface area contributed by atoms with Gasteiger partial charge in [0, 0.05) is 24.7 Å². The molecule has 0 radical (unpaired) electrons. The fourth-order valence-corrected chi connectivity index (χ4v) is 5.31. The number of halogens is 5. The second kappa shape index (κ2) is 12.4. The molecule has 1 heterocycles. The quantitative estimate of drug-likeness (QED) is 0.280. The number of ether oxygens (including phenoxy) is 1. The third kappa shape index (κ3) is 6.85. The van der Waals surface area contributed by atoms with E-state index in [-0.39, 0.29) is 18.5 Å². The molecule has 1 fully saturated rings. The van der Waals surface area contributed by atoms with Gasteiger partial charge in [0.15, 0.2) is 0 Å². The molecule has 0 bridgehead atoms. The Hall–Kier alpha value is -3.37. The van der Waals surface area contributed by atoms with Crippen LogP contribution in [0.4, 0.5) is 22.4 Å². The van der Waals surface area contributed by atoms with Crippen molar-refractivity contribution in [3.05, 3.63) is 94.8 Å². The van der Waals surface area contributed by atoms with Crippen LogP contribution >= 0.6 is 11.6 Å². The number of amides is 2. The number of nitrogens with one attached hydrogen (secondary N) is 2. The summed E-state index contributed by atoms with van der Waals surface area (Å²) in [5.74, 6) is -0.486. The molecule has 1 aromatic heterocycles. The Morgan fingerprint density at radius 3 is 2.50 bits per heavy atom. The smallest absolute Gasteiger partial charge is 0.428 e. The topological polar surface area (TPSA) is 66.5 Å². The summed E-state index contributed by atoms with van der Waals surface area (Å²) in [5, 5.41) is 6.50. The average molecular weight is 579 g/mol. The van der Waals surface area contributed by atoms with Gasteiger partial charge in [-0.1, -0.05) is 54.1 Å². The van der Waals surface area contributed by atoms with Crippen LogP contribution in [0.5, 0.6) is 5.75 Å². The summed E-state index contributed by atoms with van der Waals surface area (Å²) in [6, 6.07) is 17.4. The number of nitrogens with zero attached hydrogens (tertiary/aromatic N) is 2. The number of urea groups is 1. The van der Waals surface area contributed by atoms with Crippen molar-refractivity contribution in [2.24, 2.45) is 0 Å². The van der Waals surface area contributed by atoms with Crippen LogP contribution in [0.15, 0.2) is 72.9 Å². The number of rotatable bonds is 10. The van der Waals surface area contributed by atoms with Crippen LogP contribution in [0, 0.1) is 0 Å². The maximum atomic E-state index is 13.8. The minimum absolute atomic E-state index is 0.109. The van der Waals surface area contributed by atoms with Crippen molar-refractivity contribution in [2.75, 3.05) is 14.1 Å². The van der Waals surface area contributed by atoms with Crippen LogP contribution in [-0.4, -0.2) is 54.6 Å². The van der Waals surface area contributed by atoms with E-state index in [0.29, 0.717) is 16.3 Å². The summed E-state index contributed by atoms with van der Waals surface area (Å²) in [6.45, 7) is 0. The van der Waals surface area contributed by atoms with E-state index in [2.05, 4.69) is 25.3 Å². The molecule has 40 heavy (non-hydrogen) atoms. The third-order valence-electron chi connectivity index (χ3n) is 7.10. The monoisotopic (exact) mass is 578 g/mol. The molecule has 3 aromatic rings. The number of alkyl halides is 4.